The summed E-state index contributed by atoms with van der Waals surface area (Å²) in [6, 6.07) is 1.06. The van der Waals surface area contributed by atoms with Crippen LogP contribution in [0.5, 0.6) is 0 Å². The van der Waals surface area contributed by atoms with Crippen LogP contribution in [-0.2, 0) is 4.74 Å². The van der Waals surface area contributed by atoms with Crippen LogP contribution in [-0.4, -0.2) is 26.9 Å². The van der Waals surface area contributed by atoms with Gasteiger partial charge in [0.05, 0.1) is 0 Å². The van der Waals surface area contributed by atoms with Crippen molar-refractivity contribution in [2.24, 2.45) is 0 Å². The first kappa shape index (κ1) is 10.6. The first-order valence-electron chi connectivity index (χ1n) is 4.50. The van der Waals surface area contributed by atoms with Gasteiger partial charge in [-0.2, -0.15) is 0 Å². The van der Waals surface area contributed by atoms with Gasteiger partial charge in [-0.15, -0.1) is 0 Å². The van der Waals surface area contributed by atoms with Crippen molar-refractivity contribution < 1.29 is 14.2 Å². The summed E-state index contributed by atoms with van der Waals surface area (Å²) in [5, 5.41) is 9.26. The minimum absolute atomic E-state index is 0.143. The Morgan fingerprint density at radius 1 is 1.56 bits per heavy atom. The fourth-order valence-electron chi connectivity index (χ4n) is 1.46. The van der Waals surface area contributed by atoms with Crippen molar-refractivity contribution in [1.29, 1.82) is 0 Å². The maximum atomic E-state index is 13.5. The van der Waals surface area contributed by atoms with E-state index in [0.29, 0.717) is 0 Å². The maximum Gasteiger partial charge on any atom is 0.331 e. The van der Waals surface area contributed by atoms with Gasteiger partial charge in [0.1, 0.15) is 11.9 Å². The van der Waals surface area contributed by atoms with E-state index in [-0.39, 0.29) is 5.76 Å². The number of ether oxygens (including phenoxy) is 1. The van der Waals surface area contributed by atoms with Crippen LogP contribution in [0, 0.1) is 0 Å². The number of H-pyrrole nitrogens is 1. The van der Waals surface area contributed by atoms with Crippen molar-refractivity contribution >= 4 is 0 Å². The zero-order chi connectivity index (χ0) is 11.9. The van der Waals surface area contributed by atoms with Gasteiger partial charge >= 0.3 is 5.69 Å². The van der Waals surface area contributed by atoms with Gasteiger partial charge in [-0.05, 0) is 0 Å². The van der Waals surface area contributed by atoms with E-state index < -0.39 is 29.8 Å². The van der Waals surface area contributed by atoms with E-state index in [4.69, 9.17) is 4.74 Å². The number of hydrogen-bond acceptors (Lipinski definition) is 4. The Kier molecular flexibility index (Phi) is 2.39. The number of rotatable bonds is 1. The molecule has 1 aromatic heterocycles. The highest BCUT2D eigenvalue weighted by molar-refractivity contribution is 5.05. The number of hydrogen-bond donors (Lipinski definition) is 2. The summed E-state index contributed by atoms with van der Waals surface area (Å²) in [5.74, 6) is -0.143. The number of alkyl halides is 1. The van der Waals surface area contributed by atoms with Crippen LogP contribution in [0.3, 0.4) is 0 Å². The van der Waals surface area contributed by atoms with Crippen molar-refractivity contribution in [1.82, 2.24) is 9.55 Å². The van der Waals surface area contributed by atoms with Gasteiger partial charge in [-0.25, -0.2) is 9.18 Å². The summed E-state index contributed by atoms with van der Waals surface area (Å²) >= 11 is 0. The highest BCUT2D eigenvalue weighted by Crippen LogP contribution is 2.31. The summed E-state index contributed by atoms with van der Waals surface area (Å²) < 4.78 is 19.3. The topological polar surface area (TPSA) is 84.3 Å². The zero-order valence-electron chi connectivity index (χ0n) is 8.09. The second kappa shape index (κ2) is 3.60. The maximum absolute atomic E-state index is 13.5. The monoisotopic (exact) mass is 228 g/mol. The molecule has 16 heavy (non-hydrogen) atoms. The van der Waals surface area contributed by atoms with Crippen LogP contribution in [0.25, 0.3) is 0 Å². The molecule has 0 aliphatic carbocycles. The minimum Gasteiger partial charge on any atom is -0.469 e. The molecule has 2 rings (SSSR count). The number of aliphatic hydroxyl groups excluding tert-OH is 1. The normalized spacial score (nSPS) is 29.1. The molecule has 1 aromatic rings. The summed E-state index contributed by atoms with van der Waals surface area (Å²) in [7, 11) is 0. The van der Waals surface area contributed by atoms with Crippen molar-refractivity contribution in [2.75, 3.05) is 0 Å². The molecular weight excluding hydrogens is 219 g/mol. The molecule has 0 spiro atoms. The van der Waals surface area contributed by atoms with E-state index in [1.807, 2.05) is 4.98 Å². The van der Waals surface area contributed by atoms with Gasteiger partial charge in [0.15, 0.2) is 6.17 Å². The van der Waals surface area contributed by atoms with Crippen LogP contribution in [0.1, 0.15) is 6.23 Å². The minimum atomic E-state index is -1.80. The Labute approximate surface area is 88.6 Å². The van der Waals surface area contributed by atoms with Gasteiger partial charge in [0.25, 0.3) is 5.56 Å². The summed E-state index contributed by atoms with van der Waals surface area (Å²) in [6.07, 6.45) is -3.46. The summed E-state index contributed by atoms with van der Waals surface area (Å²) in [6.45, 7) is 3.31. The molecule has 3 atom stereocenters. The number of aliphatic hydroxyl groups is 1. The summed E-state index contributed by atoms with van der Waals surface area (Å²) in [5.41, 5.74) is -1.39. The van der Waals surface area contributed by atoms with E-state index in [1.54, 1.807) is 0 Å². The van der Waals surface area contributed by atoms with Crippen LogP contribution in [0.15, 0.2) is 34.2 Å². The Bertz CT molecular complexity index is 535. The van der Waals surface area contributed by atoms with Gasteiger partial charge in [0.2, 0.25) is 6.23 Å². The van der Waals surface area contributed by atoms with E-state index >= 15 is 0 Å². The Morgan fingerprint density at radius 2 is 2.25 bits per heavy atom. The fourth-order valence-corrected chi connectivity index (χ4v) is 1.46. The lowest BCUT2D eigenvalue weighted by molar-refractivity contribution is 0.0341. The predicted molar refractivity (Wildman–Crippen MR) is 51.5 cm³/mol. The largest absolute Gasteiger partial charge is 0.469 e. The second-order valence-corrected chi connectivity index (χ2v) is 3.38. The number of aromatic nitrogens is 2. The molecule has 86 valence electrons. The fraction of sp³-hybridized carbons (Fsp3) is 0.333. The van der Waals surface area contributed by atoms with Gasteiger partial charge in [0, 0.05) is 12.3 Å². The molecule has 7 heteroatoms. The Hall–Kier alpha value is -1.89. The lowest BCUT2D eigenvalue weighted by atomic mass is 10.2. The molecule has 1 aliphatic heterocycles. The Balaban J connectivity index is 2.43. The van der Waals surface area contributed by atoms with E-state index in [9.17, 15) is 19.1 Å². The molecule has 0 bridgehead atoms. The van der Waals surface area contributed by atoms with Gasteiger partial charge in [-0.3, -0.25) is 14.3 Å². The molecule has 0 aromatic carbocycles. The first-order chi connectivity index (χ1) is 7.50. The molecule has 2 heterocycles. The molecular formula is C9H9FN2O4. The number of halogens is 1. The van der Waals surface area contributed by atoms with Crippen molar-refractivity contribution in [3.8, 4) is 0 Å². The zero-order valence-corrected chi connectivity index (χ0v) is 8.09. The van der Waals surface area contributed by atoms with E-state index in [0.717, 1.165) is 16.8 Å². The van der Waals surface area contributed by atoms with Gasteiger partial charge in [-0.1, -0.05) is 6.58 Å². The lowest BCUT2D eigenvalue weighted by Gasteiger charge is -2.14. The number of aromatic amines is 1. The standard InChI is InChI=1S/C9H9FN2O4/c1-4-7(14)6(10)8(16-4)12-3-2-5(13)11-9(12)15/h2-3,6-8,14H,1H2,(H,11,13,15)/t6-,7+,8-/m1/s1. The molecule has 1 saturated heterocycles. The average molecular weight is 228 g/mol. The first-order valence-corrected chi connectivity index (χ1v) is 4.50. The molecule has 6 nitrogen and oxygen atoms in total. The molecule has 0 radical (unpaired) electrons. The molecule has 1 fully saturated rings. The number of nitrogens with one attached hydrogen (secondary N) is 1. The van der Waals surface area contributed by atoms with Crippen molar-refractivity contribution in [2.45, 2.75) is 18.5 Å². The summed E-state index contributed by atoms with van der Waals surface area (Å²) in [4.78, 5) is 24.1. The Morgan fingerprint density at radius 3 is 2.75 bits per heavy atom. The average Bonchev–Trinajstić information content (AvgIpc) is 2.46. The van der Waals surface area contributed by atoms with Crippen LogP contribution in [0.2, 0.25) is 0 Å². The van der Waals surface area contributed by atoms with Crippen LogP contribution in [0.4, 0.5) is 4.39 Å². The molecule has 0 amide bonds. The van der Waals surface area contributed by atoms with Crippen LogP contribution < -0.4 is 11.2 Å². The lowest BCUT2D eigenvalue weighted by Crippen LogP contribution is -2.35. The molecule has 0 saturated carbocycles. The third-order valence-electron chi connectivity index (χ3n) is 2.30. The van der Waals surface area contributed by atoms with E-state index in [2.05, 4.69) is 6.58 Å². The highest BCUT2D eigenvalue weighted by Gasteiger charge is 2.41. The van der Waals surface area contributed by atoms with E-state index in [1.165, 1.54) is 0 Å². The second-order valence-electron chi connectivity index (χ2n) is 3.38. The van der Waals surface area contributed by atoms with Crippen molar-refractivity contribution in [3.63, 3.8) is 0 Å². The quantitative estimate of drug-likeness (QED) is 0.664. The van der Waals surface area contributed by atoms with Crippen molar-refractivity contribution in [3.05, 3.63) is 45.4 Å². The SMILES string of the molecule is C=C1O[C@@H](n2ccc(=O)[nH]c2=O)[C@H](F)[C@H]1O. The van der Waals surface area contributed by atoms with Gasteiger partial charge < -0.3 is 9.84 Å². The predicted octanol–water partition coefficient (Wildman–Crippen LogP) is -0.722. The highest BCUT2D eigenvalue weighted by atomic mass is 19.1. The third-order valence-corrected chi connectivity index (χ3v) is 2.30. The molecule has 1 aliphatic rings. The van der Waals surface area contributed by atoms with Crippen LogP contribution >= 0.6 is 0 Å². The molecule has 2 N–H and O–H groups in total. The smallest absolute Gasteiger partial charge is 0.331 e. The molecule has 0 unspecified atom stereocenters. The third kappa shape index (κ3) is 1.54. The number of nitrogens with zero attached hydrogens (tertiary/aromatic N) is 1.